The zero-order valence-corrected chi connectivity index (χ0v) is 10.9. The molecule has 2 nitrogen and oxygen atoms in total. The number of ketones is 1. The number of benzene rings is 2. The summed E-state index contributed by atoms with van der Waals surface area (Å²) in [5.74, 6) is -0.193. The molecule has 0 heterocycles. The maximum absolute atomic E-state index is 12.1. The summed E-state index contributed by atoms with van der Waals surface area (Å²) in [5, 5.41) is 0. The van der Waals surface area contributed by atoms with Crippen molar-refractivity contribution in [2.45, 2.75) is 19.2 Å². The van der Waals surface area contributed by atoms with Crippen LogP contribution < -0.4 is 4.74 Å². The van der Waals surface area contributed by atoms with Crippen molar-refractivity contribution >= 4 is 5.78 Å². The van der Waals surface area contributed by atoms with Crippen LogP contribution in [0.15, 0.2) is 42.5 Å². The number of aryl methyl sites for hydroxylation is 1. The Bertz CT molecular complexity index is 688. The first-order valence-corrected chi connectivity index (χ1v) is 6.45. The highest BCUT2D eigenvalue weighted by Gasteiger charge is 2.31. The van der Waals surface area contributed by atoms with Gasteiger partial charge in [-0.25, -0.2) is 0 Å². The molecule has 0 spiro atoms. The Hall–Kier alpha value is -2.30. The molecule has 2 aromatic carbocycles. The molecule has 0 unspecified atom stereocenters. The van der Waals surface area contributed by atoms with Gasteiger partial charge in [-0.2, -0.15) is 0 Å². The summed E-state index contributed by atoms with van der Waals surface area (Å²) >= 11 is 0. The molecule has 1 aliphatic carbocycles. The molecule has 1 aliphatic rings. The van der Waals surface area contributed by atoms with Crippen LogP contribution >= 0.6 is 0 Å². The van der Waals surface area contributed by atoms with E-state index in [1.54, 1.807) is 0 Å². The van der Waals surface area contributed by atoms with E-state index >= 15 is 0 Å². The van der Waals surface area contributed by atoms with Gasteiger partial charge in [0.05, 0.1) is 0 Å². The van der Waals surface area contributed by atoms with Crippen LogP contribution in [0.5, 0.6) is 5.75 Å². The standard InChI is InChI=1S/C16H11F3O2/c17-16(18,19)21-12-7-4-10(5-8-12)13-3-1-2-11-6-9-14(20)15(11)13/h1-5,7-8H,6,9H2. The van der Waals surface area contributed by atoms with Gasteiger partial charge < -0.3 is 4.74 Å². The first-order chi connectivity index (χ1) is 9.94. The maximum atomic E-state index is 12.1. The summed E-state index contributed by atoms with van der Waals surface area (Å²) in [7, 11) is 0. The monoisotopic (exact) mass is 292 g/mol. The van der Waals surface area contributed by atoms with Crippen LogP contribution in [-0.4, -0.2) is 12.1 Å². The molecule has 0 aliphatic heterocycles. The summed E-state index contributed by atoms with van der Waals surface area (Å²) < 4.78 is 40.2. The minimum atomic E-state index is -4.70. The molecule has 0 atom stereocenters. The van der Waals surface area contributed by atoms with Gasteiger partial charge in [0.25, 0.3) is 0 Å². The van der Waals surface area contributed by atoms with Gasteiger partial charge in [-0.05, 0) is 35.2 Å². The Morgan fingerprint density at radius 2 is 1.67 bits per heavy atom. The number of alkyl halides is 3. The minimum Gasteiger partial charge on any atom is -0.406 e. The second-order valence-electron chi connectivity index (χ2n) is 4.84. The fourth-order valence-electron chi connectivity index (χ4n) is 2.59. The molecule has 0 aromatic heterocycles. The molecule has 0 fully saturated rings. The van der Waals surface area contributed by atoms with Gasteiger partial charge in [-0.1, -0.05) is 30.3 Å². The van der Waals surface area contributed by atoms with E-state index < -0.39 is 6.36 Å². The number of carbonyl (C=O) groups excluding carboxylic acids is 1. The van der Waals surface area contributed by atoms with Crippen molar-refractivity contribution in [1.29, 1.82) is 0 Å². The highest BCUT2D eigenvalue weighted by atomic mass is 19.4. The van der Waals surface area contributed by atoms with Crippen LogP contribution in [-0.2, 0) is 6.42 Å². The van der Waals surface area contributed by atoms with Crippen molar-refractivity contribution in [3.63, 3.8) is 0 Å². The molecular formula is C16H11F3O2. The van der Waals surface area contributed by atoms with E-state index in [0.29, 0.717) is 17.5 Å². The van der Waals surface area contributed by atoms with Crippen LogP contribution in [0.4, 0.5) is 13.2 Å². The van der Waals surface area contributed by atoms with Crippen LogP contribution in [0.2, 0.25) is 0 Å². The molecule has 108 valence electrons. The first kappa shape index (κ1) is 13.7. The number of Topliss-reactive ketones (excluding diaryl/α,β-unsaturated/α-hetero) is 1. The molecule has 0 N–H and O–H groups in total. The quantitative estimate of drug-likeness (QED) is 0.821. The highest BCUT2D eigenvalue weighted by molar-refractivity contribution is 6.06. The van der Waals surface area contributed by atoms with E-state index in [1.165, 1.54) is 24.3 Å². The van der Waals surface area contributed by atoms with E-state index in [4.69, 9.17) is 0 Å². The van der Waals surface area contributed by atoms with Gasteiger partial charge in [0.15, 0.2) is 5.78 Å². The normalized spacial score (nSPS) is 14.1. The van der Waals surface area contributed by atoms with Crippen LogP contribution in [0.3, 0.4) is 0 Å². The van der Waals surface area contributed by atoms with E-state index in [9.17, 15) is 18.0 Å². The third kappa shape index (κ3) is 2.77. The Labute approximate surface area is 119 Å². The summed E-state index contributed by atoms with van der Waals surface area (Å²) in [6, 6.07) is 11.1. The van der Waals surface area contributed by atoms with Gasteiger partial charge in [0, 0.05) is 12.0 Å². The Balaban J connectivity index is 1.96. The Kier molecular flexibility index (Phi) is 3.20. The Morgan fingerprint density at radius 3 is 2.33 bits per heavy atom. The molecule has 21 heavy (non-hydrogen) atoms. The van der Waals surface area contributed by atoms with E-state index in [-0.39, 0.29) is 11.5 Å². The van der Waals surface area contributed by atoms with Gasteiger partial charge in [0.2, 0.25) is 0 Å². The lowest BCUT2D eigenvalue weighted by Crippen LogP contribution is -2.16. The first-order valence-electron chi connectivity index (χ1n) is 6.45. The second-order valence-corrected chi connectivity index (χ2v) is 4.84. The van der Waals surface area contributed by atoms with E-state index in [2.05, 4.69) is 4.74 Å². The van der Waals surface area contributed by atoms with Crippen molar-refractivity contribution in [2.75, 3.05) is 0 Å². The van der Waals surface area contributed by atoms with Crippen LogP contribution in [0.1, 0.15) is 22.3 Å². The third-order valence-electron chi connectivity index (χ3n) is 3.45. The topological polar surface area (TPSA) is 26.3 Å². The van der Waals surface area contributed by atoms with Crippen molar-refractivity contribution in [1.82, 2.24) is 0 Å². The predicted octanol–water partition coefficient (Wildman–Crippen LogP) is 4.38. The molecule has 0 amide bonds. The number of hydrogen-bond acceptors (Lipinski definition) is 2. The van der Waals surface area contributed by atoms with Crippen LogP contribution in [0, 0.1) is 0 Å². The fraction of sp³-hybridized carbons (Fsp3) is 0.188. The number of halogens is 3. The lowest BCUT2D eigenvalue weighted by Gasteiger charge is -2.11. The fourth-order valence-corrected chi connectivity index (χ4v) is 2.59. The second kappa shape index (κ2) is 4.91. The van der Waals surface area contributed by atoms with Crippen molar-refractivity contribution in [2.24, 2.45) is 0 Å². The number of carbonyl (C=O) groups is 1. The molecule has 0 saturated carbocycles. The minimum absolute atomic E-state index is 0.0798. The number of ether oxygens (including phenoxy) is 1. The van der Waals surface area contributed by atoms with Crippen LogP contribution in [0.25, 0.3) is 11.1 Å². The molecule has 3 rings (SSSR count). The van der Waals surface area contributed by atoms with Gasteiger partial charge >= 0.3 is 6.36 Å². The molecule has 0 bridgehead atoms. The molecule has 5 heteroatoms. The lowest BCUT2D eigenvalue weighted by atomic mass is 9.96. The number of fused-ring (bicyclic) bond motifs is 1. The maximum Gasteiger partial charge on any atom is 0.573 e. The number of rotatable bonds is 2. The smallest absolute Gasteiger partial charge is 0.406 e. The van der Waals surface area contributed by atoms with Gasteiger partial charge in [0.1, 0.15) is 5.75 Å². The average molecular weight is 292 g/mol. The lowest BCUT2D eigenvalue weighted by molar-refractivity contribution is -0.274. The summed E-state index contributed by atoms with van der Waals surface area (Å²) in [6.07, 6.45) is -3.50. The highest BCUT2D eigenvalue weighted by Crippen LogP contribution is 2.33. The molecule has 0 radical (unpaired) electrons. The van der Waals surface area contributed by atoms with Crippen molar-refractivity contribution < 1.29 is 22.7 Å². The zero-order valence-electron chi connectivity index (χ0n) is 10.9. The summed E-state index contributed by atoms with van der Waals surface area (Å²) in [4.78, 5) is 11.9. The summed E-state index contributed by atoms with van der Waals surface area (Å²) in [6.45, 7) is 0. The average Bonchev–Trinajstić information content (AvgIpc) is 2.80. The zero-order chi connectivity index (χ0) is 15.0. The van der Waals surface area contributed by atoms with E-state index in [0.717, 1.165) is 17.5 Å². The van der Waals surface area contributed by atoms with Gasteiger partial charge in [-0.15, -0.1) is 13.2 Å². The third-order valence-corrected chi connectivity index (χ3v) is 3.45. The van der Waals surface area contributed by atoms with Crippen molar-refractivity contribution in [3.05, 3.63) is 53.6 Å². The molecule has 2 aromatic rings. The molecular weight excluding hydrogens is 281 g/mol. The van der Waals surface area contributed by atoms with Gasteiger partial charge in [-0.3, -0.25) is 4.79 Å². The Morgan fingerprint density at radius 1 is 0.952 bits per heavy atom. The van der Waals surface area contributed by atoms with Crippen molar-refractivity contribution in [3.8, 4) is 16.9 Å². The number of hydrogen-bond donors (Lipinski definition) is 0. The van der Waals surface area contributed by atoms with E-state index in [1.807, 2.05) is 18.2 Å². The molecule has 0 saturated heterocycles. The largest absolute Gasteiger partial charge is 0.573 e. The SMILES string of the molecule is O=C1CCc2cccc(-c3ccc(OC(F)(F)F)cc3)c21. The predicted molar refractivity (Wildman–Crippen MR) is 71.2 cm³/mol. The summed E-state index contributed by atoms with van der Waals surface area (Å²) in [5.41, 5.74) is 3.14.